The van der Waals surface area contributed by atoms with Crippen molar-refractivity contribution in [3.63, 3.8) is 0 Å². The molecule has 0 aromatic heterocycles. The van der Waals surface area contributed by atoms with Crippen molar-refractivity contribution in [1.29, 1.82) is 0 Å². The maximum absolute atomic E-state index is 12.3. The minimum Gasteiger partial charge on any atom is -0.480 e. The lowest BCUT2D eigenvalue weighted by atomic mass is 10.1. The molecule has 5 nitrogen and oxygen atoms in total. The number of carbonyl (C=O) groups excluding carboxylic acids is 1. The van der Waals surface area contributed by atoms with E-state index in [0.717, 1.165) is 5.56 Å². The highest BCUT2D eigenvalue weighted by Crippen LogP contribution is 2.17. The van der Waals surface area contributed by atoms with Crippen LogP contribution in [0.5, 0.6) is 0 Å². The molecule has 1 aromatic carbocycles. The van der Waals surface area contributed by atoms with Crippen LogP contribution in [0.25, 0.3) is 0 Å². The third-order valence-corrected chi connectivity index (χ3v) is 2.84. The second-order valence-corrected chi connectivity index (χ2v) is 4.51. The van der Waals surface area contributed by atoms with Gasteiger partial charge in [0.25, 0.3) is 5.91 Å². The van der Waals surface area contributed by atoms with E-state index in [9.17, 15) is 9.59 Å². The molecule has 0 aliphatic rings. The Balaban J connectivity index is 2.97. The van der Waals surface area contributed by atoms with Gasteiger partial charge in [-0.15, -0.1) is 0 Å². The maximum atomic E-state index is 12.3. The number of aryl methyl sites for hydroxylation is 1. The second kappa shape index (κ2) is 7.11. The number of benzene rings is 1. The first-order valence-corrected chi connectivity index (χ1v) is 6.09. The van der Waals surface area contributed by atoms with Crippen LogP contribution >= 0.6 is 11.6 Å². The number of hydrogen-bond donors (Lipinski definition) is 1. The van der Waals surface area contributed by atoms with Crippen LogP contribution in [-0.4, -0.2) is 48.7 Å². The maximum Gasteiger partial charge on any atom is 0.323 e. The van der Waals surface area contributed by atoms with Gasteiger partial charge < -0.3 is 14.7 Å². The molecule has 1 N–H and O–H groups in total. The minimum absolute atomic E-state index is 0.216. The van der Waals surface area contributed by atoms with E-state index >= 15 is 0 Å². The van der Waals surface area contributed by atoms with Crippen molar-refractivity contribution in [2.24, 2.45) is 0 Å². The van der Waals surface area contributed by atoms with Gasteiger partial charge >= 0.3 is 5.97 Å². The summed E-state index contributed by atoms with van der Waals surface area (Å²) in [6.45, 7) is 1.90. The molecule has 104 valence electrons. The molecular weight excluding hydrogens is 270 g/mol. The van der Waals surface area contributed by atoms with Crippen LogP contribution in [-0.2, 0) is 9.53 Å². The lowest BCUT2D eigenvalue weighted by Crippen LogP contribution is -2.38. The second-order valence-electron chi connectivity index (χ2n) is 4.07. The molecule has 0 unspecified atom stereocenters. The first-order chi connectivity index (χ1) is 8.95. The van der Waals surface area contributed by atoms with Gasteiger partial charge in [-0.3, -0.25) is 9.59 Å². The number of ether oxygens (including phenoxy) is 1. The van der Waals surface area contributed by atoms with Crippen LogP contribution in [0.1, 0.15) is 15.9 Å². The Morgan fingerprint density at radius 3 is 2.68 bits per heavy atom. The summed E-state index contributed by atoms with van der Waals surface area (Å²) in [5.74, 6) is -1.43. The molecule has 1 aromatic rings. The smallest absolute Gasteiger partial charge is 0.323 e. The van der Waals surface area contributed by atoms with Crippen LogP contribution in [0.15, 0.2) is 18.2 Å². The number of carboxylic acids is 1. The highest BCUT2D eigenvalue weighted by Gasteiger charge is 2.20. The van der Waals surface area contributed by atoms with Crippen molar-refractivity contribution in [3.05, 3.63) is 34.3 Å². The van der Waals surface area contributed by atoms with E-state index < -0.39 is 5.97 Å². The molecule has 1 amide bonds. The summed E-state index contributed by atoms with van der Waals surface area (Å²) >= 11 is 5.86. The van der Waals surface area contributed by atoms with Gasteiger partial charge in [0.2, 0.25) is 0 Å². The first kappa shape index (κ1) is 15.5. The third-order valence-electron chi connectivity index (χ3n) is 2.61. The summed E-state index contributed by atoms with van der Waals surface area (Å²) in [6.07, 6.45) is 0. The van der Waals surface area contributed by atoms with Crippen molar-refractivity contribution in [1.82, 2.24) is 4.90 Å². The fourth-order valence-electron chi connectivity index (χ4n) is 1.61. The van der Waals surface area contributed by atoms with E-state index in [-0.39, 0.29) is 25.6 Å². The van der Waals surface area contributed by atoms with Gasteiger partial charge in [-0.25, -0.2) is 0 Å². The van der Waals surface area contributed by atoms with Crippen LogP contribution in [0.4, 0.5) is 0 Å². The number of nitrogens with zero attached hydrogens (tertiary/aromatic N) is 1. The summed E-state index contributed by atoms with van der Waals surface area (Å²) in [4.78, 5) is 24.3. The van der Waals surface area contributed by atoms with E-state index in [1.54, 1.807) is 25.1 Å². The zero-order valence-electron chi connectivity index (χ0n) is 10.9. The summed E-state index contributed by atoms with van der Waals surface area (Å²) in [5.41, 5.74) is 1.16. The number of rotatable bonds is 6. The van der Waals surface area contributed by atoms with Crippen LogP contribution < -0.4 is 0 Å². The number of methoxy groups -OCH3 is 1. The first-order valence-electron chi connectivity index (χ1n) is 5.72. The van der Waals surface area contributed by atoms with Crippen molar-refractivity contribution >= 4 is 23.5 Å². The molecule has 1 rings (SSSR count). The molecule has 0 atom stereocenters. The van der Waals surface area contributed by atoms with Crippen molar-refractivity contribution in [3.8, 4) is 0 Å². The van der Waals surface area contributed by atoms with Gasteiger partial charge in [0.15, 0.2) is 0 Å². The quantitative estimate of drug-likeness (QED) is 0.866. The normalized spacial score (nSPS) is 10.3. The molecule has 0 saturated heterocycles. The Bertz CT molecular complexity index is 476. The number of hydrogen-bond acceptors (Lipinski definition) is 3. The lowest BCUT2D eigenvalue weighted by molar-refractivity contribution is -0.137. The highest BCUT2D eigenvalue weighted by molar-refractivity contribution is 6.31. The predicted molar refractivity (Wildman–Crippen MR) is 71.6 cm³/mol. The van der Waals surface area contributed by atoms with E-state index in [2.05, 4.69) is 0 Å². The summed E-state index contributed by atoms with van der Waals surface area (Å²) in [6, 6.07) is 4.95. The average Bonchev–Trinajstić information content (AvgIpc) is 2.36. The Hall–Kier alpha value is -1.59. The molecule has 0 spiro atoms. The topological polar surface area (TPSA) is 66.8 Å². The molecule has 0 fully saturated rings. The molecule has 0 saturated carbocycles. The van der Waals surface area contributed by atoms with E-state index in [4.69, 9.17) is 21.4 Å². The van der Waals surface area contributed by atoms with Gasteiger partial charge in [0.05, 0.1) is 6.61 Å². The Morgan fingerprint density at radius 2 is 2.11 bits per heavy atom. The number of amides is 1. The van der Waals surface area contributed by atoms with Gasteiger partial charge in [-0.1, -0.05) is 17.7 Å². The van der Waals surface area contributed by atoms with Gasteiger partial charge in [-0.2, -0.15) is 0 Å². The van der Waals surface area contributed by atoms with Crippen molar-refractivity contribution in [2.45, 2.75) is 6.92 Å². The highest BCUT2D eigenvalue weighted by atomic mass is 35.5. The fraction of sp³-hybridized carbons (Fsp3) is 0.385. The minimum atomic E-state index is -1.07. The number of halogens is 1. The van der Waals surface area contributed by atoms with Crippen LogP contribution in [0.3, 0.4) is 0 Å². The van der Waals surface area contributed by atoms with E-state index in [0.29, 0.717) is 10.6 Å². The van der Waals surface area contributed by atoms with Crippen molar-refractivity contribution in [2.75, 3.05) is 26.8 Å². The van der Waals surface area contributed by atoms with Crippen LogP contribution in [0, 0.1) is 6.92 Å². The molecule has 0 bridgehead atoms. The predicted octanol–water partition coefficient (Wildman–Crippen LogP) is 1.82. The number of carbonyl (C=O) groups is 2. The molecule has 19 heavy (non-hydrogen) atoms. The summed E-state index contributed by atoms with van der Waals surface area (Å²) in [5, 5.41) is 9.28. The number of aliphatic carboxylic acids is 1. The molecule has 0 heterocycles. The van der Waals surface area contributed by atoms with Gasteiger partial charge in [-0.05, 0) is 24.6 Å². The Labute approximate surface area is 116 Å². The standard InChI is InChI=1S/C13H16ClNO4/c1-9-3-4-10(14)7-11(9)13(18)15(5-6-19-2)8-12(16)17/h3-4,7H,5-6,8H2,1-2H3,(H,16,17). The largest absolute Gasteiger partial charge is 0.480 e. The SMILES string of the molecule is COCCN(CC(=O)O)C(=O)c1cc(Cl)ccc1C. The zero-order chi connectivity index (χ0) is 14.4. The molecular formula is C13H16ClNO4. The monoisotopic (exact) mass is 285 g/mol. The molecule has 6 heteroatoms. The van der Waals surface area contributed by atoms with Crippen molar-refractivity contribution < 1.29 is 19.4 Å². The van der Waals surface area contributed by atoms with Gasteiger partial charge in [0.1, 0.15) is 6.54 Å². The fourth-order valence-corrected chi connectivity index (χ4v) is 1.78. The van der Waals surface area contributed by atoms with Crippen LogP contribution in [0.2, 0.25) is 5.02 Å². The average molecular weight is 286 g/mol. The van der Waals surface area contributed by atoms with E-state index in [1.807, 2.05) is 0 Å². The summed E-state index contributed by atoms with van der Waals surface area (Å²) in [7, 11) is 1.49. The zero-order valence-corrected chi connectivity index (χ0v) is 11.6. The third kappa shape index (κ3) is 4.54. The molecule has 0 aliphatic heterocycles. The van der Waals surface area contributed by atoms with E-state index in [1.165, 1.54) is 12.0 Å². The summed E-state index contributed by atoms with van der Waals surface area (Å²) < 4.78 is 4.88. The Kier molecular flexibility index (Phi) is 5.79. The molecule has 0 radical (unpaired) electrons. The molecule has 0 aliphatic carbocycles. The number of carboxylic acid groups (broad SMARTS) is 1. The Morgan fingerprint density at radius 1 is 1.42 bits per heavy atom. The lowest BCUT2D eigenvalue weighted by Gasteiger charge is -2.21. The van der Waals surface area contributed by atoms with Gasteiger partial charge in [0, 0.05) is 24.2 Å².